The van der Waals surface area contributed by atoms with Crippen molar-refractivity contribution in [2.45, 2.75) is 13.5 Å². The minimum atomic E-state index is -0.369. The van der Waals surface area contributed by atoms with Crippen molar-refractivity contribution in [1.29, 1.82) is 0 Å². The van der Waals surface area contributed by atoms with Crippen molar-refractivity contribution in [3.05, 3.63) is 59.1 Å². The Bertz CT molecular complexity index is 959. The van der Waals surface area contributed by atoms with Crippen molar-refractivity contribution in [3.63, 3.8) is 0 Å². The van der Waals surface area contributed by atoms with Gasteiger partial charge in [0.05, 0.1) is 36.4 Å². The number of amides is 1. The summed E-state index contributed by atoms with van der Waals surface area (Å²) in [6, 6.07) is 14.9. The number of carbonyl (C=O) groups excluding carboxylic acids is 2. The molecule has 0 radical (unpaired) electrons. The van der Waals surface area contributed by atoms with E-state index >= 15 is 0 Å². The zero-order valence-corrected chi connectivity index (χ0v) is 16.5. The van der Waals surface area contributed by atoms with Gasteiger partial charge in [0.1, 0.15) is 17.3 Å². The molecule has 7 heteroatoms. The highest BCUT2D eigenvalue weighted by molar-refractivity contribution is 7.18. The highest BCUT2D eigenvalue weighted by Gasteiger charge is 2.25. The Morgan fingerprint density at radius 1 is 1.11 bits per heavy atom. The summed E-state index contributed by atoms with van der Waals surface area (Å²) in [5.74, 6) is 0.105. The molecular formula is C21H22N3O3S+. The zero-order chi connectivity index (χ0) is 19.5. The lowest BCUT2D eigenvalue weighted by molar-refractivity contribution is -0.917. The monoisotopic (exact) mass is 396 g/mol. The van der Waals surface area contributed by atoms with E-state index in [2.05, 4.69) is 6.07 Å². The Kier molecular flexibility index (Phi) is 5.36. The van der Waals surface area contributed by atoms with Crippen LogP contribution in [0.4, 0.5) is 0 Å². The Morgan fingerprint density at radius 3 is 2.50 bits per heavy atom. The summed E-state index contributed by atoms with van der Waals surface area (Å²) in [6.45, 7) is 5.53. The van der Waals surface area contributed by atoms with Crippen molar-refractivity contribution in [1.82, 2.24) is 9.88 Å². The van der Waals surface area contributed by atoms with Crippen molar-refractivity contribution < 1.29 is 19.2 Å². The van der Waals surface area contributed by atoms with Crippen molar-refractivity contribution in [2.75, 3.05) is 26.2 Å². The zero-order valence-electron chi connectivity index (χ0n) is 15.7. The van der Waals surface area contributed by atoms with Crippen LogP contribution in [0, 0.1) is 0 Å². The fraction of sp³-hybridized carbons (Fsp3) is 0.286. The highest BCUT2D eigenvalue weighted by atomic mass is 32.1. The van der Waals surface area contributed by atoms with Gasteiger partial charge < -0.3 is 14.5 Å². The molecule has 6 nitrogen and oxygen atoms in total. The van der Waals surface area contributed by atoms with Gasteiger partial charge in [0, 0.05) is 12.5 Å². The third kappa shape index (κ3) is 4.21. The molecule has 0 atom stereocenters. The van der Waals surface area contributed by atoms with E-state index in [9.17, 15) is 9.59 Å². The largest absolute Gasteiger partial charge is 0.427 e. The number of aromatic nitrogens is 1. The van der Waals surface area contributed by atoms with Gasteiger partial charge in [-0.25, -0.2) is 4.98 Å². The van der Waals surface area contributed by atoms with Crippen LogP contribution in [0.2, 0.25) is 0 Å². The first-order valence-electron chi connectivity index (χ1n) is 9.34. The van der Waals surface area contributed by atoms with Crippen LogP contribution in [0.1, 0.15) is 22.3 Å². The maximum absolute atomic E-state index is 12.7. The predicted octanol–water partition coefficient (Wildman–Crippen LogP) is 1.76. The SMILES string of the molecule is CC(=O)Oc1ccc(C(=O)N2CC[NH+](Cc3nc4ccccc4s3)CC2)cc1. The van der Waals surface area contributed by atoms with Gasteiger partial charge in [-0.1, -0.05) is 12.1 Å². The molecule has 1 N–H and O–H groups in total. The van der Waals surface area contributed by atoms with Gasteiger partial charge in [-0.2, -0.15) is 0 Å². The molecule has 28 heavy (non-hydrogen) atoms. The second kappa shape index (κ2) is 8.08. The molecule has 0 saturated carbocycles. The van der Waals surface area contributed by atoms with Crippen LogP contribution >= 0.6 is 11.3 Å². The quantitative estimate of drug-likeness (QED) is 0.539. The van der Waals surface area contributed by atoms with E-state index in [-0.39, 0.29) is 11.9 Å². The van der Waals surface area contributed by atoms with E-state index in [0.717, 1.165) is 43.2 Å². The standard InChI is InChI=1S/C21H21N3O3S/c1-15(25)27-17-8-6-16(7-9-17)21(26)24-12-10-23(11-13-24)14-20-22-18-4-2-3-5-19(18)28-20/h2-9H,10-14H2,1H3/p+1. The number of nitrogens with zero attached hydrogens (tertiary/aromatic N) is 2. The number of hydrogen-bond donors (Lipinski definition) is 1. The third-order valence-corrected chi connectivity index (χ3v) is 5.90. The van der Waals surface area contributed by atoms with Gasteiger partial charge in [0.15, 0.2) is 0 Å². The molecule has 2 aromatic carbocycles. The van der Waals surface area contributed by atoms with Gasteiger partial charge in [0.2, 0.25) is 0 Å². The number of rotatable bonds is 4. The van der Waals surface area contributed by atoms with Crippen LogP contribution in [0.15, 0.2) is 48.5 Å². The molecule has 1 saturated heterocycles. The third-order valence-electron chi connectivity index (χ3n) is 4.86. The number of benzene rings is 2. The van der Waals surface area contributed by atoms with E-state index in [1.165, 1.54) is 16.5 Å². The summed E-state index contributed by atoms with van der Waals surface area (Å²) in [7, 11) is 0. The fourth-order valence-corrected chi connectivity index (χ4v) is 4.47. The molecule has 0 spiro atoms. The minimum Gasteiger partial charge on any atom is -0.427 e. The first-order chi connectivity index (χ1) is 13.6. The second-order valence-electron chi connectivity index (χ2n) is 6.91. The summed E-state index contributed by atoms with van der Waals surface area (Å²) in [4.78, 5) is 31.8. The second-order valence-corrected chi connectivity index (χ2v) is 8.03. The number of para-hydroxylation sites is 1. The molecule has 144 valence electrons. The normalized spacial score (nSPS) is 15.0. The molecule has 4 rings (SSSR count). The Labute approximate surface area is 167 Å². The smallest absolute Gasteiger partial charge is 0.308 e. The van der Waals surface area contributed by atoms with Crippen LogP contribution in [-0.4, -0.2) is 47.9 Å². The molecular weight excluding hydrogens is 374 g/mol. The number of fused-ring (bicyclic) bond motifs is 1. The fourth-order valence-electron chi connectivity index (χ4n) is 3.43. The summed E-state index contributed by atoms with van der Waals surface area (Å²) in [5.41, 5.74) is 1.68. The average molecular weight is 396 g/mol. The Balaban J connectivity index is 1.33. The molecule has 1 fully saturated rings. The van der Waals surface area contributed by atoms with E-state index in [0.29, 0.717) is 11.3 Å². The number of nitrogens with one attached hydrogen (secondary N) is 1. The van der Waals surface area contributed by atoms with Crippen LogP contribution in [0.25, 0.3) is 10.2 Å². The summed E-state index contributed by atoms with van der Waals surface area (Å²) in [6.07, 6.45) is 0. The molecule has 1 aromatic heterocycles. The van der Waals surface area contributed by atoms with Crippen molar-refractivity contribution >= 4 is 33.4 Å². The molecule has 0 bridgehead atoms. The van der Waals surface area contributed by atoms with E-state index in [1.807, 2.05) is 23.1 Å². The number of ether oxygens (including phenoxy) is 1. The van der Waals surface area contributed by atoms with Crippen LogP contribution < -0.4 is 9.64 Å². The van der Waals surface area contributed by atoms with Crippen LogP contribution in [0.3, 0.4) is 0 Å². The Morgan fingerprint density at radius 2 is 1.82 bits per heavy atom. The first kappa shape index (κ1) is 18.6. The van der Waals surface area contributed by atoms with Crippen molar-refractivity contribution in [3.8, 4) is 5.75 Å². The lowest BCUT2D eigenvalue weighted by Crippen LogP contribution is -3.13. The van der Waals surface area contributed by atoms with E-state index < -0.39 is 0 Å². The number of esters is 1. The topological polar surface area (TPSA) is 63.9 Å². The molecule has 0 aliphatic carbocycles. The van der Waals surface area contributed by atoms with Gasteiger partial charge in [0.25, 0.3) is 5.91 Å². The maximum Gasteiger partial charge on any atom is 0.308 e. The average Bonchev–Trinajstić information content (AvgIpc) is 3.10. The van der Waals surface area contributed by atoms with Gasteiger partial charge in [-0.15, -0.1) is 11.3 Å². The molecule has 0 unspecified atom stereocenters. The Hall–Kier alpha value is -2.77. The lowest BCUT2D eigenvalue weighted by atomic mass is 10.1. The summed E-state index contributed by atoms with van der Waals surface area (Å²) in [5, 5.41) is 1.15. The first-order valence-corrected chi connectivity index (χ1v) is 10.2. The van der Waals surface area contributed by atoms with E-state index in [1.54, 1.807) is 35.6 Å². The lowest BCUT2D eigenvalue weighted by Gasteiger charge is -2.31. The van der Waals surface area contributed by atoms with Gasteiger partial charge >= 0.3 is 5.97 Å². The molecule has 1 amide bonds. The molecule has 1 aliphatic heterocycles. The maximum atomic E-state index is 12.7. The number of thiazole rings is 1. The number of piperazine rings is 1. The minimum absolute atomic E-state index is 0.0217. The molecule has 2 heterocycles. The number of hydrogen-bond acceptors (Lipinski definition) is 5. The van der Waals surface area contributed by atoms with Crippen LogP contribution in [0.5, 0.6) is 5.75 Å². The highest BCUT2D eigenvalue weighted by Crippen LogP contribution is 2.21. The molecule has 1 aliphatic rings. The van der Waals surface area contributed by atoms with Gasteiger partial charge in [-0.3, -0.25) is 9.59 Å². The van der Waals surface area contributed by atoms with Crippen LogP contribution in [-0.2, 0) is 11.3 Å². The van der Waals surface area contributed by atoms with Crippen molar-refractivity contribution in [2.24, 2.45) is 0 Å². The number of quaternary nitrogens is 1. The van der Waals surface area contributed by atoms with E-state index in [4.69, 9.17) is 9.72 Å². The molecule has 3 aromatic rings. The summed E-state index contributed by atoms with van der Waals surface area (Å²) >= 11 is 1.75. The van der Waals surface area contributed by atoms with Gasteiger partial charge in [-0.05, 0) is 36.4 Å². The summed E-state index contributed by atoms with van der Waals surface area (Å²) < 4.78 is 6.24. The predicted molar refractivity (Wildman–Crippen MR) is 108 cm³/mol. The number of carbonyl (C=O) groups is 2.